The molecule has 0 unspecified atom stereocenters. The summed E-state index contributed by atoms with van der Waals surface area (Å²) < 4.78 is 0. The molecule has 15 heavy (non-hydrogen) atoms. The third kappa shape index (κ3) is 14.4. The van der Waals surface area contributed by atoms with Crippen LogP contribution in [0.3, 0.4) is 0 Å². The number of carbonyl (C=O) groups is 3. The first-order valence-corrected chi connectivity index (χ1v) is 3.35. The smallest absolute Gasteiger partial charge is 0.549 e. The Morgan fingerprint density at radius 3 is 1.80 bits per heavy atom. The molecule has 1 N–H and O–H groups in total. The second-order valence-electron chi connectivity index (χ2n) is 2.21. The van der Waals surface area contributed by atoms with E-state index in [1.165, 1.54) is 0 Å². The molecule has 0 bridgehead atoms. The van der Waals surface area contributed by atoms with Crippen molar-refractivity contribution < 1.29 is 83.7 Å². The van der Waals surface area contributed by atoms with Crippen LogP contribution in [-0.2, 0) is 14.4 Å². The summed E-state index contributed by atoms with van der Waals surface area (Å²) in [6, 6.07) is 0. The number of nitrogens with zero attached hydrogens (tertiary/aromatic N) is 1. The SMILES string of the molecule is O=CNCN(CC(=O)[O-])CC(=O)[O-].[Na+].[Na+]. The second-order valence-corrected chi connectivity index (χ2v) is 2.21. The fourth-order valence-electron chi connectivity index (χ4n) is 0.699. The van der Waals surface area contributed by atoms with Gasteiger partial charge in [0.25, 0.3) is 0 Å². The van der Waals surface area contributed by atoms with Crippen LogP contribution in [-0.4, -0.2) is 43.0 Å². The fourth-order valence-corrected chi connectivity index (χ4v) is 0.699. The van der Waals surface area contributed by atoms with Gasteiger partial charge in [0, 0.05) is 13.1 Å². The fraction of sp³-hybridized carbons (Fsp3) is 0.500. The Morgan fingerprint density at radius 2 is 1.53 bits per heavy atom. The van der Waals surface area contributed by atoms with Crippen LogP contribution in [0.2, 0.25) is 0 Å². The molecule has 74 valence electrons. The molecule has 0 saturated heterocycles. The summed E-state index contributed by atoms with van der Waals surface area (Å²) in [5, 5.41) is 22.3. The maximum atomic E-state index is 10.1. The summed E-state index contributed by atoms with van der Waals surface area (Å²) in [5.41, 5.74) is 0. The first-order chi connectivity index (χ1) is 6.06. The maximum Gasteiger partial charge on any atom is 1.00 e. The number of hydrogen-bond acceptors (Lipinski definition) is 6. The van der Waals surface area contributed by atoms with Crippen LogP contribution in [0.25, 0.3) is 0 Å². The second kappa shape index (κ2) is 12.4. The Balaban J connectivity index is -0.000000720. The van der Waals surface area contributed by atoms with Crippen LogP contribution in [0.5, 0.6) is 0 Å². The molecule has 0 aromatic heterocycles. The van der Waals surface area contributed by atoms with Crippen molar-refractivity contribution in [1.29, 1.82) is 0 Å². The van der Waals surface area contributed by atoms with Gasteiger partial charge in [0.15, 0.2) is 0 Å². The van der Waals surface area contributed by atoms with Crippen LogP contribution < -0.4 is 74.6 Å². The molecule has 0 spiro atoms. The predicted molar refractivity (Wildman–Crippen MR) is 35.7 cm³/mol. The predicted octanol–water partition coefficient (Wildman–Crippen LogP) is -10.5. The normalized spacial score (nSPS) is 8.33. The van der Waals surface area contributed by atoms with E-state index < -0.39 is 25.0 Å². The quantitative estimate of drug-likeness (QED) is 0.266. The first-order valence-electron chi connectivity index (χ1n) is 3.35. The standard InChI is InChI=1S/C6H10N2O5.2Na/c9-4-7-3-8(1-5(10)11)2-6(12)13;;/h4H,1-3H2,(H,7,9)(H,10,11)(H,12,13);;/q;2*+1/p-2. The van der Waals surface area contributed by atoms with Crippen molar-refractivity contribution in [2.24, 2.45) is 0 Å². The zero-order chi connectivity index (χ0) is 10.3. The van der Waals surface area contributed by atoms with Gasteiger partial charge in [0.1, 0.15) is 0 Å². The minimum atomic E-state index is -1.42. The van der Waals surface area contributed by atoms with E-state index in [-0.39, 0.29) is 65.8 Å². The van der Waals surface area contributed by atoms with Gasteiger partial charge in [0.05, 0.1) is 18.6 Å². The van der Waals surface area contributed by atoms with Crippen LogP contribution in [0, 0.1) is 0 Å². The number of aliphatic carboxylic acids is 2. The molecule has 0 radical (unpaired) electrons. The average Bonchev–Trinajstić information content (AvgIpc) is 1.98. The van der Waals surface area contributed by atoms with Gasteiger partial charge < -0.3 is 25.1 Å². The van der Waals surface area contributed by atoms with Crippen molar-refractivity contribution in [2.75, 3.05) is 19.8 Å². The van der Waals surface area contributed by atoms with E-state index in [0.29, 0.717) is 6.41 Å². The Hall–Kier alpha value is 0.370. The van der Waals surface area contributed by atoms with E-state index in [9.17, 15) is 24.6 Å². The minimum Gasteiger partial charge on any atom is -0.549 e. The average molecular weight is 234 g/mol. The van der Waals surface area contributed by atoms with E-state index in [0.717, 1.165) is 4.90 Å². The van der Waals surface area contributed by atoms with Crippen LogP contribution in [0.1, 0.15) is 0 Å². The van der Waals surface area contributed by atoms with Gasteiger partial charge in [0.2, 0.25) is 6.41 Å². The van der Waals surface area contributed by atoms with Gasteiger partial charge in [-0.15, -0.1) is 0 Å². The minimum absolute atomic E-state index is 0. The van der Waals surface area contributed by atoms with E-state index in [4.69, 9.17) is 0 Å². The van der Waals surface area contributed by atoms with Gasteiger partial charge in [-0.25, -0.2) is 0 Å². The van der Waals surface area contributed by atoms with E-state index in [1.807, 2.05) is 0 Å². The van der Waals surface area contributed by atoms with Crippen molar-refractivity contribution >= 4 is 18.3 Å². The first kappa shape index (κ1) is 20.7. The van der Waals surface area contributed by atoms with Crippen LogP contribution in [0.15, 0.2) is 0 Å². The van der Waals surface area contributed by atoms with Crippen molar-refractivity contribution in [1.82, 2.24) is 10.2 Å². The maximum absolute atomic E-state index is 10.1. The molecule has 0 fully saturated rings. The van der Waals surface area contributed by atoms with Gasteiger partial charge in [-0.05, 0) is 0 Å². The Kier molecular flexibility index (Phi) is 17.2. The molecule has 0 heterocycles. The monoisotopic (exact) mass is 234 g/mol. The van der Waals surface area contributed by atoms with Crippen LogP contribution >= 0.6 is 0 Å². The third-order valence-corrected chi connectivity index (χ3v) is 1.10. The zero-order valence-corrected chi connectivity index (χ0v) is 12.7. The molecule has 0 atom stereocenters. The third-order valence-electron chi connectivity index (χ3n) is 1.10. The van der Waals surface area contributed by atoms with Gasteiger partial charge in [-0.2, -0.15) is 0 Å². The van der Waals surface area contributed by atoms with Gasteiger partial charge >= 0.3 is 59.1 Å². The van der Waals surface area contributed by atoms with E-state index in [2.05, 4.69) is 5.32 Å². The molecule has 0 saturated carbocycles. The molecule has 7 nitrogen and oxygen atoms in total. The van der Waals surface area contributed by atoms with Gasteiger partial charge in [-0.1, -0.05) is 0 Å². The Morgan fingerprint density at radius 1 is 1.13 bits per heavy atom. The number of hydrogen-bond donors (Lipinski definition) is 1. The number of amides is 1. The molecule has 0 aromatic rings. The number of rotatable bonds is 7. The molecular weight excluding hydrogens is 226 g/mol. The van der Waals surface area contributed by atoms with E-state index in [1.54, 1.807) is 0 Å². The van der Waals surface area contributed by atoms with E-state index >= 15 is 0 Å². The molecular formula is C6H8N2Na2O5. The molecule has 1 amide bonds. The van der Waals surface area contributed by atoms with Crippen LogP contribution in [0.4, 0.5) is 0 Å². The Labute approximate surface area is 131 Å². The molecule has 9 heteroatoms. The van der Waals surface area contributed by atoms with Crippen molar-refractivity contribution in [3.05, 3.63) is 0 Å². The summed E-state index contributed by atoms with van der Waals surface area (Å²) in [6.45, 7) is -1.32. The van der Waals surface area contributed by atoms with Crippen molar-refractivity contribution in [2.45, 2.75) is 0 Å². The van der Waals surface area contributed by atoms with Crippen molar-refractivity contribution in [3.63, 3.8) is 0 Å². The molecule has 0 aliphatic rings. The van der Waals surface area contributed by atoms with Gasteiger partial charge in [-0.3, -0.25) is 9.69 Å². The summed E-state index contributed by atoms with van der Waals surface area (Å²) >= 11 is 0. The summed E-state index contributed by atoms with van der Waals surface area (Å²) in [6.07, 6.45) is 0.331. The molecule has 0 rings (SSSR count). The molecule has 0 aromatic carbocycles. The summed E-state index contributed by atoms with van der Waals surface area (Å²) in [7, 11) is 0. The number of carbonyl (C=O) groups excluding carboxylic acids is 3. The number of nitrogens with one attached hydrogen (secondary N) is 1. The molecule has 0 aliphatic carbocycles. The summed E-state index contributed by atoms with van der Waals surface area (Å²) in [4.78, 5) is 30.9. The number of carboxylic acid groups (broad SMARTS) is 2. The largest absolute Gasteiger partial charge is 1.00 e. The molecule has 0 aliphatic heterocycles. The van der Waals surface area contributed by atoms with Crippen molar-refractivity contribution in [3.8, 4) is 0 Å². The number of carboxylic acids is 2. The topological polar surface area (TPSA) is 113 Å². The zero-order valence-electron chi connectivity index (χ0n) is 8.69. The Bertz CT molecular complexity index is 198. The summed E-state index contributed by atoms with van der Waals surface area (Å²) in [5.74, 6) is -2.84.